The Bertz CT molecular complexity index is 1310. The number of benzene rings is 2. The zero-order valence-electron chi connectivity index (χ0n) is 19.8. The van der Waals surface area contributed by atoms with Gasteiger partial charge in [0, 0.05) is 31.3 Å². The van der Waals surface area contributed by atoms with Crippen LogP contribution in [0.4, 0.5) is 13.9 Å². The number of rotatable bonds is 8. The standard InChI is InChI=1S/C23H26F2N4O4S2.ClH/c1-27(2)8-3-9-29(23-26-21-19(25)14-17(24)15-20(21)34-23)22(30)16-4-6-18(7-5-16)35(31,32)28-10-12-33-13-11-28;/h4-7,14-15H,3,8-13H2,1-2H3;1H. The number of sulfonamides is 1. The molecule has 2 heterocycles. The fourth-order valence-corrected chi connectivity index (χ4v) is 6.19. The molecular weight excluding hydrogens is 534 g/mol. The molecule has 0 bridgehead atoms. The summed E-state index contributed by atoms with van der Waals surface area (Å²) in [6, 6.07) is 7.68. The summed E-state index contributed by atoms with van der Waals surface area (Å²) in [4.78, 5) is 21.2. The third-order valence-corrected chi connectivity index (χ3v) is 8.51. The second-order valence-corrected chi connectivity index (χ2v) is 11.3. The average molecular weight is 561 g/mol. The Kier molecular flexibility index (Phi) is 9.36. The maximum atomic E-state index is 14.2. The third kappa shape index (κ3) is 6.18. The Hall–Kier alpha value is -2.22. The van der Waals surface area contributed by atoms with E-state index in [9.17, 15) is 22.0 Å². The van der Waals surface area contributed by atoms with Crippen LogP contribution in [-0.4, -0.2) is 82.0 Å². The van der Waals surface area contributed by atoms with Gasteiger partial charge in [-0.1, -0.05) is 11.3 Å². The molecule has 0 aliphatic carbocycles. The van der Waals surface area contributed by atoms with Crippen molar-refractivity contribution in [2.45, 2.75) is 11.3 Å². The molecule has 0 radical (unpaired) electrons. The van der Waals surface area contributed by atoms with Crippen LogP contribution in [0.2, 0.25) is 0 Å². The predicted octanol–water partition coefficient (Wildman–Crippen LogP) is 3.62. The number of aromatic nitrogens is 1. The molecular formula is C23H27ClF2N4O4S2. The van der Waals surface area contributed by atoms with Crippen LogP contribution in [0, 0.1) is 11.6 Å². The minimum atomic E-state index is -3.69. The van der Waals surface area contributed by atoms with Crippen LogP contribution >= 0.6 is 23.7 Å². The Morgan fingerprint density at radius 3 is 2.42 bits per heavy atom. The Labute approximate surface area is 218 Å². The number of hydrogen-bond donors (Lipinski definition) is 0. The molecule has 0 unspecified atom stereocenters. The maximum absolute atomic E-state index is 14.2. The maximum Gasteiger partial charge on any atom is 0.260 e. The van der Waals surface area contributed by atoms with Gasteiger partial charge in [0.05, 0.1) is 22.8 Å². The molecule has 1 amide bonds. The van der Waals surface area contributed by atoms with E-state index in [2.05, 4.69) is 4.98 Å². The quantitative estimate of drug-likeness (QED) is 0.418. The molecule has 1 aliphatic rings. The van der Waals surface area contributed by atoms with E-state index in [1.165, 1.54) is 39.5 Å². The molecule has 1 aliphatic heterocycles. The van der Waals surface area contributed by atoms with Gasteiger partial charge in [0.2, 0.25) is 10.0 Å². The lowest BCUT2D eigenvalue weighted by molar-refractivity contribution is 0.0730. The lowest BCUT2D eigenvalue weighted by atomic mass is 10.2. The van der Waals surface area contributed by atoms with Crippen LogP contribution in [0.3, 0.4) is 0 Å². The highest BCUT2D eigenvalue weighted by molar-refractivity contribution is 7.89. The summed E-state index contributed by atoms with van der Waals surface area (Å²) in [5.74, 6) is -1.91. The fourth-order valence-electron chi connectivity index (χ4n) is 3.75. The first kappa shape index (κ1) is 28.4. The van der Waals surface area contributed by atoms with Gasteiger partial charge in [-0.2, -0.15) is 4.31 Å². The zero-order chi connectivity index (χ0) is 25.2. The molecule has 36 heavy (non-hydrogen) atoms. The van der Waals surface area contributed by atoms with Gasteiger partial charge in [0.25, 0.3) is 5.91 Å². The molecule has 2 aromatic carbocycles. The summed E-state index contributed by atoms with van der Waals surface area (Å²) in [6.07, 6.45) is 0.620. The van der Waals surface area contributed by atoms with Crippen molar-refractivity contribution in [2.75, 3.05) is 58.4 Å². The lowest BCUT2D eigenvalue weighted by Crippen LogP contribution is -2.40. The Morgan fingerprint density at radius 1 is 1.11 bits per heavy atom. The molecule has 1 fully saturated rings. The van der Waals surface area contributed by atoms with E-state index >= 15 is 0 Å². The van der Waals surface area contributed by atoms with E-state index in [1.54, 1.807) is 0 Å². The number of hydrogen-bond acceptors (Lipinski definition) is 7. The number of halogens is 3. The second kappa shape index (κ2) is 11.9. The van der Waals surface area contributed by atoms with E-state index in [0.29, 0.717) is 37.4 Å². The number of thiazole rings is 1. The van der Waals surface area contributed by atoms with Crippen molar-refractivity contribution in [3.63, 3.8) is 0 Å². The molecule has 1 aromatic heterocycles. The largest absolute Gasteiger partial charge is 0.379 e. The molecule has 13 heteroatoms. The number of morpholine rings is 1. The Morgan fingerprint density at radius 2 is 1.78 bits per heavy atom. The van der Waals surface area contributed by atoms with Gasteiger partial charge < -0.3 is 9.64 Å². The molecule has 0 atom stereocenters. The van der Waals surface area contributed by atoms with E-state index in [0.717, 1.165) is 17.4 Å². The van der Waals surface area contributed by atoms with Gasteiger partial charge in [0.15, 0.2) is 10.9 Å². The summed E-state index contributed by atoms with van der Waals surface area (Å²) in [6.45, 7) is 2.23. The van der Waals surface area contributed by atoms with E-state index in [4.69, 9.17) is 4.74 Å². The molecule has 0 saturated carbocycles. The van der Waals surface area contributed by atoms with Crippen molar-refractivity contribution in [1.29, 1.82) is 0 Å². The summed E-state index contributed by atoms with van der Waals surface area (Å²) in [5.41, 5.74) is 0.269. The minimum Gasteiger partial charge on any atom is -0.379 e. The number of fused-ring (bicyclic) bond motifs is 1. The van der Waals surface area contributed by atoms with Crippen LogP contribution in [-0.2, 0) is 14.8 Å². The number of amides is 1. The molecule has 196 valence electrons. The van der Waals surface area contributed by atoms with Crippen LogP contribution in [0.15, 0.2) is 41.3 Å². The first-order valence-electron chi connectivity index (χ1n) is 11.1. The highest BCUT2D eigenvalue weighted by Gasteiger charge is 2.27. The topological polar surface area (TPSA) is 83.1 Å². The van der Waals surface area contributed by atoms with Gasteiger partial charge >= 0.3 is 0 Å². The van der Waals surface area contributed by atoms with Crippen molar-refractivity contribution < 1.29 is 26.7 Å². The lowest BCUT2D eigenvalue weighted by Gasteiger charge is -2.26. The first-order chi connectivity index (χ1) is 16.7. The van der Waals surface area contributed by atoms with Crippen molar-refractivity contribution in [1.82, 2.24) is 14.2 Å². The SMILES string of the molecule is CN(C)CCCN(C(=O)c1ccc(S(=O)(=O)N2CCOCC2)cc1)c1nc2c(F)cc(F)cc2s1.Cl. The fraction of sp³-hybridized carbons (Fsp3) is 0.391. The molecule has 0 spiro atoms. The first-order valence-corrected chi connectivity index (χ1v) is 13.3. The van der Waals surface area contributed by atoms with Crippen molar-refractivity contribution in [3.05, 3.63) is 53.6 Å². The summed E-state index contributed by atoms with van der Waals surface area (Å²) in [5, 5.41) is 0.248. The van der Waals surface area contributed by atoms with Crippen LogP contribution < -0.4 is 4.90 Å². The van der Waals surface area contributed by atoms with Crippen LogP contribution in [0.1, 0.15) is 16.8 Å². The normalized spacial score (nSPS) is 14.7. The van der Waals surface area contributed by atoms with Crippen LogP contribution in [0.5, 0.6) is 0 Å². The van der Waals surface area contributed by atoms with E-state index in [1.807, 2.05) is 19.0 Å². The highest BCUT2D eigenvalue weighted by Crippen LogP contribution is 2.32. The molecule has 3 aromatic rings. The minimum absolute atomic E-state index is 0. The number of carbonyl (C=O) groups excluding carboxylic acids is 1. The third-order valence-electron chi connectivity index (χ3n) is 5.57. The van der Waals surface area contributed by atoms with Gasteiger partial charge in [-0.15, -0.1) is 12.4 Å². The summed E-state index contributed by atoms with van der Waals surface area (Å²) >= 11 is 1.03. The Balaban J connectivity index is 0.00000361. The predicted molar refractivity (Wildman–Crippen MR) is 138 cm³/mol. The van der Waals surface area contributed by atoms with E-state index in [-0.39, 0.29) is 46.6 Å². The van der Waals surface area contributed by atoms with Crippen molar-refractivity contribution in [2.24, 2.45) is 0 Å². The zero-order valence-corrected chi connectivity index (χ0v) is 22.3. The second-order valence-electron chi connectivity index (χ2n) is 8.39. The van der Waals surface area contributed by atoms with Crippen molar-refractivity contribution >= 4 is 55.0 Å². The van der Waals surface area contributed by atoms with Crippen molar-refractivity contribution in [3.8, 4) is 0 Å². The highest BCUT2D eigenvalue weighted by atomic mass is 35.5. The van der Waals surface area contributed by atoms with Crippen LogP contribution in [0.25, 0.3) is 10.2 Å². The monoisotopic (exact) mass is 560 g/mol. The molecule has 1 saturated heterocycles. The van der Waals surface area contributed by atoms with Gasteiger partial charge in [0.1, 0.15) is 11.3 Å². The molecule has 8 nitrogen and oxygen atoms in total. The number of nitrogens with zero attached hydrogens (tertiary/aromatic N) is 4. The van der Waals surface area contributed by atoms with Gasteiger partial charge in [-0.05, 0) is 57.4 Å². The average Bonchev–Trinajstić information content (AvgIpc) is 3.26. The number of ether oxygens (including phenoxy) is 1. The number of carbonyl (C=O) groups is 1. The van der Waals surface area contributed by atoms with E-state index < -0.39 is 27.6 Å². The molecule has 0 N–H and O–H groups in total. The van der Waals surface area contributed by atoms with Gasteiger partial charge in [-0.25, -0.2) is 22.2 Å². The summed E-state index contributed by atoms with van der Waals surface area (Å²) < 4.78 is 60.6. The smallest absolute Gasteiger partial charge is 0.260 e. The summed E-state index contributed by atoms with van der Waals surface area (Å²) in [7, 11) is 0.133. The number of anilines is 1. The molecule has 4 rings (SSSR count). The van der Waals surface area contributed by atoms with Gasteiger partial charge in [-0.3, -0.25) is 9.69 Å².